The lowest BCUT2D eigenvalue weighted by Crippen LogP contribution is -2.26. The molecule has 0 atom stereocenters. The Morgan fingerprint density at radius 2 is 1.12 bits per heavy atom. The van der Waals surface area contributed by atoms with Crippen molar-refractivity contribution < 1.29 is 0 Å². The maximum atomic E-state index is 2.44. The lowest BCUT2D eigenvalue weighted by atomic mass is 9.73. The van der Waals surface area contributed by atoms with E-state index in [4.69, 9.17) is 0 Å². The molecule has 6 rings (SSSR count). The fourth-order valence-electron chi connectivity index (χ4n) is 5.95. The van der Waals surface area contributed by atoms with E-state index < -0.39 is 0 Å². The summed E-state index contributed by atoms with van der Waals surface area (Å²) in [6.07, 6.45) is 7.67. The molecule has 1 spiro atoms. The smallest absolute Gasteiger partial charge is 0.0220 e. The summed E-state index contributed by atoms with van der Waals surface area (Å²) < 4.78 is 0. The molecule has 128 valence electrons. The predicted molar refractivity (Wildman–Crippen MR) is 111 cm³/mol. The molecule has 0 nitrogen and oxygen atoms in total. The Morgan fingerprint density at radius 3 is 1.69 bits per heavy atom. The van der Waals surface area contributed by atoms with Gasteiger partial charge < -0.3 is 0 Å². The van der Waals surface area contributed by atoms with Crippen LogP contribution in [0.4, 0.5) is 0 Å². The van der Waals surface area contributed by atoms with Crippen molar-refractivity contribution in [1.82, 2.24) is 0 Å². The highest BCUT2D eigenvalue weighted by Crippen LogP contribution is 2.59. The third-order valence-corrected chi connectivity index (χ3v) is 9.39. The normalized spacial score (nSPS) is 19.5. The molecule has 3 aliphatic rings. The van der Waals surface area contributed by atoms with E-state index in [0.29, 0.717) is 5.41 Å². The molecule has 2 aliphatic carbocycles. The molecule has 3 aromatic carbocycles. The van der Waals surface area contributed by atoms with Gasteiger partial charge in [0, 0.05) is 5.41 Å². The van der Waals surface area contributed by atoms with Gasteiger partial charge in [-0.25, -0.2) is 0 Å². The Kier molecular flexibility index (Phi) is 3.24. The van der Waals surface area contributed by atoms with Gasteiger partial charge in [-0.05, 0) is 76.7 Å². The lowest BCUT2D eigenvalue weighted by Gasteiger charge is -2.35. The van der Waals surface area contributed by atoms with E-state index >= 15 is 0 Å². The highest BCUT2D eigenvalue weighted by molar-refractivity contribution is 7.64. The monoisotopic (exact) mass is 354 g/mol. The standard InChI is InChI=1S/C25H23P/c1-2-10-22(11-3-1)26-16-20-8-4-6-18-12-14-25(23(18)20)15-13-19-7-5-9-21(17-26)24(19)25/h1-11H,12-17H2. The molecule has 0 amide bonds. The third-order valence-electron chi connectivity index (χ3n) is 6.92. The van der Waals surface area contributed by atoms with Gasteiger partial charge in [-0.15, -0.1) is 0 Å². The van der Waals surface area contributed by atoms with Crippen LogP contribution in [0.3, 0.4) is 0 Å². The van der Waals surface area contributed by atoms with E-state index in [1.54, 1.807) is 38.7 Å². The Hall–Kier alpha value is -1.91. The zero-order valence-corrected chi connectivity index (χ0v) is 15.9. The summed E-state index contributed by atoms with van der Waals surface area (Å²) >= 11 is 0. The Bertz CT molecular complexity index is 938. The summed E-state index contributed by atoms with van der Waals surface area (Å²) in [6, 6.07) is 25.6. The molecular formula is C25H23P. The third kappa shape index (κ3) is 2.00. The van der Waals surface area contributed by atoms with Crippen LogP contribution in [0.5, 0.6) is 0 Å². The van der Waals surface area contributed by atoms with Crippen LogP contribution in [0, 0.1) is 0 Å². The van der Waals surface area contributed by atoms with Crippen molar-refractivity contribution >= 4 is 13.2 Å². The van der Waals surface area contributed by atoms with Crippen molar-refractivity contribution in [3.05, 3.63) is 100 Å². The summed E-state index contributed by atoms with van der Waals surface area (Å²) in [5.41, 5.74) is 10.4. The van der Waals surface area contributed by atoms with Gasteiger partial charge in [-0.2, -0.15) is 0 Å². The number of aryl methyl sites for hydroxylation is 2. The summed E-state index contributed by atoms with van der Waals surface area (Å²) in [6.45, 7) is 0. The fourth-order valence-corrected chi connectivity index (χ4v) is 8.37. The summed E-state index contributed by atoms with van der Waals surface area (Å²) in [5.74, 6) is 0. The Morgan fingerprint density at radius 1 is 0.577 bits per heavy atom. The van der Waals surface area contributed by atoms with E-state index in [2.05, 4.69) is 66.7 Å². The number of benzene rings is 3. The molecule has 0 aromatic heterocycles. The fraction of sp³-hybridized carbons (Fsp3) is 0.280. The van der Waals surface area contributed by atoms with Crippen LogP contribution >= 0.6 is 7.92 Å². The van der Waals surface area contributed by atoms with Gasteiger partial charge >= 0.3 is 0 Å². The molecule has 0 fully saturated rings. The quantitative estimate of drug-likeness (QED) is 0.493. The van der Waals surface area contributed by atoms with Crippen LogP contribution in [0.15, 0.2) is 66.7 Å². The first-order valence-corrected chi connectivity index (χ1v) is 11.6. The first kappa shape index (κ1) is 15.2. The van der Waals surface area contributed by atoms with E-state index in [1.807, 2.05) is 0 Å². The Labute approximate surface area is 157 Å². The molecule has 1 heteroatoms. The van der Waals surface area contributed by atoms with Crippen molar-refractivity contribution in [3.8, 4) is 0 Å². The molecular weight excluding hydrogens is 331 g/mol. The van der Waals surface area contributed by atoms with Crippen LogP contribution in [-0.4, -0.2) is 0 Å². The van der Waals surface area contributed by atoms with Gasteiger partial charge in [-0.3, -0.25) is 0 Å². The number of rotatable bonds is 1. The minimum absolute atomic E-state index is 0.194. The largest absolute Gasteiger partial charge is 0.0663 e. The van der Waals surface area contributed by atoms with Crippen molar-refractivity contribution in [2.24, 2.45) is 0 Å². The summed E-state index contributed by atoms with van der Waals surface area (Å²) in [5, 5.41) is 1.56. The molecule has 1 aliphatic heterocycles. The SMILES string of the molecule is c1ccc(P2Cc3cccc4c3C3(CC4)CCc4cccc(c43)C2)cc1. The zero-order chi connectivity index (χ0) is 17.1. The van der Waals surface area contributed by atoms with E-state index in [1.165, 1.54) is 38.0 Å². The van der Waals surface area contributed by atoms with Gasteiger partial charge in [-0.1, -0.05) is 74.7 Å². The zero-order valence-electron chi connectivity index (χ0n) is 15.0. The predicted octanol–water partition coefficient (Wildman–Crippen LogP) is 5.69. The molecule has 3 aromatic rings. The lowest BCUT2D eigenvalue weighted by molar-refractivity contribution is 0.501. The highest BCUT2D eigenvalue weighted by atomic mass is 31.1. The first-order chi connectivity index (χ1) is 12.9. The average molecular weight is 354 g/mol. The van der Waals surface area contributed by atoms with Crippen LogP contribution < -0.4 is 5.30 Å². The molecule has 0 unspecified atom stereocenters. The summed E-state index contributed by atoms with van der Waals surface area (Å²) in [4.78, 5) is 0. The molecule has 26 heavy (non-hydrogen) atoms. The van der Waals surface area contributed by atoms with Gasteiger partial charge in [0.25, 0.3) is 0 Å². The van der Waals surface area contributed by atoms with Crippen molar-refractivity contribution in [2.75, 3.05) is 0 Å². The first-order valence-electron chi connectivity index (χ1n) is 9.88. The maximum Gasteiger partial charge on any atom is 0.0220 e. The maximum absolute atomic E-state index is 2.44. The molecule has 0 N–H and O–H groups in total. The Balaban J connectivity index is 1.63. The van der Waals surface area contributed by atoms with Crippen molar-refractivity contribution in [1.29, 1.82) is 0 Å². The second-order valence-corrected chi connectivity index (χ2v) is 10.4. The van der Waals surface area contributed by atoms with Crippen LogP contribution in [0.1, 0.15) is 46.2 Å². The van der Waals surface area contributed by atoms with Gasteiger partial charge in [0.15, 0.2) is 0 Å². The van der Waals surface area contributed by atoms with Crippen molar-refractivity contribution in [2.45, 2.75) is 43.4 Å². The molecule has 0 radical (unpaired) electrons. The minimum atomic E-state index is -0.194. The average Bonchev–Trinajstić information content (AvgIpc) is 3.24. The van der Waals surface area contributed by atoms with E-state index in [-0.39, 0.29) is 7.92 Å². The second kappa shape index (κ2) is 5.54. The molecule has 0 saturated carbocycles. The van der Waals surface area contributed by atoms with E-state index in [0.717, 1.165) is 0 Å². The van der Waals surface area contributed by atoms with Crippen LogP contribution in [-0.2, 0) is 30.6 Å². The minimum Gasteiger partial charge on any atom is -0.0663 e. The number of hydrogen-bond acceptors (Lipinski definition) is 0. The van der Waals surface area contributed by atoms with Crippen LogP contribution in [0.25, 0.3) is 0 Å². The van der Waals surface area contributed by atoms with Gasteiger partial charge in [0.2, 0.25) is 0 Å². The molecule has 0 saturated heterocycles. The van der Waals surface area contributed by atoms with Crippen LogP contribution in [0.2, 0.25) is 0 Å². The molecule has 0 bridgehead atoms. The molecule has 1 heterocycles. The van der Waals surface area contributed by atoms with Gasteiger partial charge in [0.05, 0.1) is 0 Å². The number of hydrogen-bond donors (Lipinski definition) is 0. The highest BCUT2D eigenvalue weighted by Gasteiger charge is 2.48. The summed E-state index contributed by atoms with van der Waals surface area (Å²) in [7, 11) is -0.194. The van der Waals surface area contributed by atoms with E-state index in [9.17, 15) is 0 Å². The van der Waals surface area contributed by atoms with Gasteiger partial charge in [0.1, 0.15) is 0 Å². The van der Waals surface area contributed by atoms with Crippen molar-refractivity contribution in [3.63, 3.8) is 0 Å². The second-order valence-electron chi connectivity index (χ2n) is 8.18. The topological polar surface area (TPSA) is 0 Å².